The standard InChI is InChI=1S/C47H69N5O13/c1-12-20-49(10)35-24-29(4)61-44(39(35)55)64-42-31(6)40(63-37(53)25-33-17-14-15-18-34(33)52(58)59)32(7)43(56)62-36(13-2)47(9)41(30(5)38(54)28(3)26-46(42,8)60-11)51(45(57)65-47)22-16-21-50-23-19-48-27-50/h12,14-15,17-19,23,27-32,35-36,39-42,44,55H,1,13,16,20-22,24-26H2,2-11H3/t28-,29+,30+,31+,32-,35-,36-,39+,40+,41-,42-,44-,46-,47-/m1/s1. The fourth-order valence-corrected chi connectivity index (χ4v) is 10.4. The molecule has 18 heteroatoms. The third kappa shape index (κ3) is 11.3. The normalized spacial score (nSPS) is 34.9. The van der Waals surface area contributed by atoms with Crippen molar-refractivity contribution in [3.8, 4) is 0 Å². The maximum atomic E-state index is 14.9. The zero-order valence-corrected chi connectivity index (χ0v) is 39.5. The summed E-state index contributed by atoms with van der Waals surface area (Å²) in [6.07, 6.45) is 0.663. The summed E-state index contributed by atoms with van der Waals surface area (Å²) in [5, 5.41) is 23.8. The van der Waals surface area contributed by atoms with Crippen LogP contribution in [0.15, 0.2) is 55.6 Å². The molecule has 3 aliphatic heterocycles. The van der Waals surface area contributed by atoms with Gasteiger partial charge >= 0.3 is 18.0 Å². The highest BCUT2D eigenvalue weighted by Gasteiger charge is 2.60. The van der Waals surface area contributed by atoms with E-state index >= 15 is 0 Å². The van der Waals surface area contributed by atoms with Crippen LogP contribution in [0, 0.1) is 33.8 Å². The molecule has 1 amide bonds. The monoisotopic (exact) mass is 911 g/mol. The number of nitro benzene ring substituents is 1. The molecule has 0 radical (unpaired) electrons. The molecule has 0 spiro atoms. The van der Waals surface area contributed by atoms with Gasteiger partial charge in [0.15, 0.2) is 11.9 Å². The van der Waals surface area contributed by atoms with Crippen molar-refractivity contribution in [1.29, 1.82) is 0 Å². The van der Waals surface area contributed by atoms with Crippen LogP contribution in [0.2, 0.25) is 0 Å². The average molecular weight is 912 g/mol. The molecule has 5 rings (SSSR count). The van der Waals surface area contributed by atoms with Crippen molar-refractivity contribution in [2.24, 2.45) is 23.7 Å². The predicted octanol–water partition coefficient (Wildman–Crippen LogP) is 5.53. The third-order valence-corrected chi connectivity index (χ3v) is 13.8. The molecule has 0 bridgehead atoms. The number of ketones is 1. The van der Waals surface area contributed by atoms with Gasteiger partial charge in [-0.3, -0.25) is 29.4 Å². The number of nitrogens with zero attached hydrogens (tertiary/aromatic N) is 5. The molecule has 0 saturated carbocycles. The molecule has 1 N–H and O–H groups in total. The molecule has 360 valence electrons. The third-order valence-electron chi connectivity index (χ3n) is 13.8. The van der Waals surface area contributed by atoms with Crippen molar-refractivity contribution in [2.75, 3.05) is 27.2 Å². The van der Waals surface area contributed by atoms with E-state index in [4.69, 9.17) is 28.4 Å². The number of amides is 1. The summed E-state index contributed by atoms with van der Waals surface area (Å²) in [6.45, 7) is 19.0. The number of likely N-dealkylation sites (N-methyl/N-ethyl adjacent to an activating group) is 1. The molecule has 3 fully saturated rings. The zero-order valence-electron chi connectivity index (χ0n) is 39.5. The summed E-state index contributed by atoms with van der Waals surface area (Å²) >= 11 is 0. The van der Waals surface area contributed by atoms with Gasteiger partial charge in [-0.25, -0.2) is 9.78 Å². The zero-order chi connectivity index (χ0) is 48.0. The number of benzene rings is 1. The van der Waals surface area contributed by atoms with Crippen molar-refractivity contribution in [1.82, 2.24) is 19.4 Å². The lowest BCUT2D eigenvalue weighted by molar-refractivity contribution is -0.385. The van der Waals surface area contributed by atoms with E-state index in [0.29, 0.717) is 25.9 Å². The average Bonchev–Trinajstić information content (AvgIpc) is 3.88. The number of nitro groups is 1. The molecule has 0 aliphatic carbocycles. The Hall–Kier alpha value is -4.75. The number of cyclic esters (lactones) is 1. The van der Waals surface area contributed by atoms with Crippen LogP contribution in [0.4, 0.5) is 10.5 Å². The van der Waals surface area contributed by atoms with Crippen molar-refractivity contribution in [2.45, 2.75) is 154 Å². The number of aliphatic hydroxyl groups excluding tert-OH is 1. The van der Waals surface area contributed by atoms with Crippen LogP contribution in [0.1, 0.15) is 86.6 Å². The molecule has 14 atom stereocenters. The van der Waals surface area contributed by atoms with Gasteiger partial charge in [0.05, 0.1) is 47.4 Å². The van der Waals surface area contributed by atoms with E-state index in [1.165, 1.54) is 25.3 Å². The Morgan fingerprint density at radius 1 is 1.12 bits per heavy atom. The minimum Gasteiger partial charge on any atom is -0.461 e. The number of fused-ring (bicyclic) bond motifs is 1. The number of aromatic nitrogens is 2. The molecule has 4 heterocycles. The second-order valence-electron chi connectivity index (χ2n) is 18.5. The molecule has 1 aromatic heterocycles. The Labute approximate surface area is 382 Å². The molecular weight excluding hydrogens is 843 g/mol. The number of ether oxygens (including phenoxy) is 6. The van der Waals surface area contributed by atoms with E-state index in [9.17, 15) is 34.4 Å². The first-order chi connectivity index (χ1) is 30.7. The van der Waals surface area contributed by atoms with Crippen molar-refractivity contribution in [3.63, 3.8) is 0 Å². The second-order valence-corrected chi connectivity index (χ2v) is 18.5. The van der Waals surface area contributed by atoms with Crippen LogP contribution in [0.25, 0.3) is 0 Å². The molecule has 3 aliphatic rings. The molecule has 18 nitrogen and oxygen atoms in total. The summed E-state index contributed by atoms with van der Waals surface area (Å²) in [5.74, 6) is -5.58. The number of aryl methyl sites for hydroxylation is 1. The minimum atomic E-state index is -1.49. The van der Waals surface area contributed by atoms with Gasteiger partial charge < -0.3 is 43.0 Å². The number of rotatable bonds is 15. The fraction of sp³-hybridized carbons (Fsp3) is 0.681. The Morgan fingerprint density at radius 2 is 1.83 bits per heavy atom. The molecule has 1 aromatic carbocycles. The number of hydrogen-bond donors (Lipinski definition) is 1. The van der Waals surface area contributed by atoms with Crippen molar-refractivity contribution in [3.05, 3.63) is 71.3 Å². The summed E-state index contributed by atoms with van der Waals surface area (Å²) in [5.41, 5.74) is -3.05. The van der Waals surface area contributed by atoms with Gasteiger partial charge in [0.25, 0.3) is 5.69 Å². The van der Waals surface area contributed by atoms with E-state index in [2.05, 4.69) is 11.6 Å². The van der Waals surface area contributed by atoms with Crippen LogP contribution < -0.4 is 0 Å². The van der Waals surface area contributed by atoms with Gasteiger partial charge in [-0.05, 0) is 60.4 Å². The highest BCUT2D eigenvalue weighted by atomic mass is 16.7. The lowest BCUT2D eigenvalue weighted by atomic mass is 9.73. The second kappa shape index (κ2) is 21.7. The van der Waals surface area contributed by atoms with Crippen LogP contribution in [0.3, 0.4) is 0 Å². The summed E-state index contributed by atoms with van der Waals surface area (Å²) in [6, 6.07) is 4.53. The maximum absolute atomic E-state index is 14.9. The van der Waals surface area contributed by atoms with Gasteiger partial charge in [0, 0.05) is 74.6 Å². The minimum absolute atomic E-state index is 0.0472. The Balaban J connectivity index is 1.61. The Bertz CT molecular complexity index is 1980. The highest BCUT2D eigenvalue weighted by molar-refractivity contribution is 5.85. The lowest BCUT2D eigenvalue weighted by Crippen LogP contribution is -2.61. The number of methoxy groups -OCH3 is 1. The highest BCUT2D eigenvalue weighted by Crippen LogP contribution is 2.44. The van der Waals surface area contributed by atoms with Crippen molar-refractivity contribution < 1.29 is 57.6 Å². The van der Waals surface area contributed by atoms with E-state index < -0.39 is 107 Å². The molecule has 2 aromatic rings. The van der Waals surface area contributed by atoms with Crippen LogP contribution in [-0.2, 0) is 55.8 Å². The van der Waals surface area contributed by atoms with E-state index in [0.717, 1.165) is 0 Å². The number of Topliss-reactive ketones (excluding diaryl/α,β-unsaturated/α-hetero) is 1. The van der Waals surface area contributed by atoms with Gasteiger partial charge in [0.2, 0.25) is 0 Å². The first-order valence-corrected chi connectivity index (χ1v) is 22.7. The molecular formula is C47H69N5O13. The summed E-state index contributed by atoms with van der Waals surface area (Å²) in [7, 11) is 3.33. The number of para-hydroxylation sites is 1. The summed E-state index contributed by atoms with van der Waals surface area (Å²) < 4.78 is 40.2. The Morgan fingerprint density at radius 3 is 2.46 bits per heavy atom. The first-order valence-electron chi connectivity index (χ1n) is 22.7. The van der Waals surface area contributed by atoms with Crippen LogP contribution >= 0.6 is 0 Å². The largest absolute Gasteiger partial charge is 0.461 e. The SMILES string of the molecule is C=CCN(C)[C@@H]1C[C@H](C)O[C@H](O[C@@H]2[C@@H](C)[C@H](OC(=O)Cc3ccccc3[N+](=O)[O-])[C@@H](C)C(=O)O[C@H](CC)[C@@]3(C)OC(=O)N(CCCn4ccnc4)[C@@H]3[C@@H](C)C(=O)[C@H](C)C[C@@]2(C)OC)[C@H]1O. The first kappa shape index (κ1) is 51.2. The summed E-state index contributed by atoms with van der Waals surface area (Å²) in [4.78, 5) is 76.6. The predicted molar refractivity (Wildman–Crippen MR) is 237 cm³/mol. The number of carbonyl (C=O) groups is 4. The number of aliphatic hydroxyl groups is 1. The Kier molecular flexibility index (Phi) is 17.1. The topological polar surface area (TPSA) is 211 Å². The van der Waals surface area contributed by atoms with Crippen LogP contribution in [-0.4, -0.2) is 141 Å². The van der Waals surface area contributed by atoms with Gasteiger partial charge in [-0.15, -0.1) is 6.58 Å². The lowest BCUT2D eigenvalue weighted by Gasteiger charge is -2.48. The number of esters is 2. The number of imidazole rings is 1. The quantitative estimate of drug-likeness (QED) is 0.0766. The van der Waals surface area contributed by atoms with E-state index in [-0.39, 0.29) is 42.5 Å². The maximum Gasteiger partial charge on any atom is 0.410 e. The number of carbonyl (C=O) groups excluding carboxylic acids is 4. The van der Waals surface area contributed by atoms with E-state index in [1.807, 2.05) is 29.6 Å². The van der Waals surface area contributed by atoms with Gasteiger partial charge in [0.1, 0.15) is 24.1 Å². The van der Waals surface area contributed by atoms with Gasteiger partial charge in [-0.2, -0.15) is 0 Å². The smallest absolute Gasteiger partial charge is 0.410 e. The molecule has 0 unspecified atom stereocenters. The number of hydrogen-bond acceptors (Lipinski definition) is 15. The van der Waals surface area contributed by atoms with Gasteiger partial charge in [-0.1, -0.05) is 52.0 Å². The van der Waals surface area contributed by atoms with Crippen LogP contribution in [0.5, 0.6) is 0 Å². The molecule has 65 heavy (non-hydrogen) atoms. The molecule has 3 saturated heterocycles. The fourth-order valence-electron chi connectivity index (χ4n) is 10.4. The van der Waals surface area contributed by atoms with E-state index in [1.54, 1.807) is 78.0 Å². The van der Waals surface area contributed by atoms with Crippen molar-refractivity contribution >= 4 is 29.5 Å².